The van der Waals surface area contributed by atoms with Gasteiger partial charge in [-0.1, -0.05) is 12.1 Å². The summed E-state index contributed by atoms with van der Waals surface area (Å²) in [5, 5.41) is 0. The summed E-state index contributed by atoms with van der Waals surface area (Å²) in [6.45, 7) is -3.18. The molecule has 0 aliphatic carbocycles. The molecule has 0 atom stereocenters. The molecule has 0 aliphatic rings. The second kappa shape index (κ2) is 8.65. The molecule has 0 spiro atoms. The normalized spacial score (nSPS) is 11.0. The van der Waals surface area contributed by atoms with Crippen LogP contribution in [0.15, 0.2) is 47.4 Å². The van der Waals surface area contributed by atoms with Gasteiger partial charge in [0.2, 0.25) is 0 Å². The van der Waals surface area contributed by atoms with Crippen molar-refractivity contribution >= 4 is 27.6 Å². The maximum absolute atomic E-state index is 12.8. The van der Waals surface area contributed by atoms with Crippen LogP contribution in [0.4, 0.5) is 14.5 Å². The van der Waals surface area contributed by atoms with E-state index in [0.717, 1.165) is 32.4 Å². The minimum absolute atomic E-state index is 0.146. The van der Waals surface area contributed by atoms with Crippen molar-refractivity contribution in [3.63, 3.8) is 0 Å². The molecule has 0 bridgehead atoms. The van der Waals surface area contributed by atoms with Crippen LogP contribution in [0.25, 0.3) is 0 Å². The third-order valence-electron chi connectivity index (χ3n) is 3.44. The fourth-order valence-electron chi connectivity index (χ4n) is 2.22. The van der Waals surface area contributed by atoms with Gasteiger partial charge in [0.05, 0.1) is 31.0 Å². The molecule has 2 aromatic rings. The van der Waals surface area contributed by atoms with Crippen LogP contribution in [0, 0.1) is 0 Å². The zero-order chi connectivity index (χ0) is 20.9. The maximum atomic E-state index is 12.8. The van der Waals surface area contributed by atoms with Gasteiger partial charge in [-0.3, -0.25) is 4.72 Å². The Morgan fingerprint density at radius 3 is 2.25 bits per heavy atom. The lowest BCUT2D eigenvalue weighted by Gasteiger charge is -2.15. The molecule has 0 unspecified atom stereocenters. The molecule has 0 saturated heterocycles. The average Bonchev–Trinajstić information content (AvgIpc) is 2.67. The summed E-state index contributed by atoms with van der Waals surface area (Å²) in [4.78, 5) is 23.1. The van der Waals surface area contributed by atoms with Crippen LogP contribution in [0.1, 0.15) is 20.7 Å². The highest BCUT2D eigenvalue weighted by molar-refractivity contribution is 7.92. The van der Waals surface area contributed by atoms with Crippen LogP contribution < -0.4 is 9.46 Å². The lowest BCUT2D eigenvalue weighted by Crippen LogP contribution is -2.19. The van der Waals surface area contributed by atoms with E-state index < -0.39 is 39.2 Å². The predicted octanol–water partition coefficient (Wildman–Crippen LogP) is 2.66. The molecule has 0 aliphatic heterocycles. The van der Waals surface area contributed by atoms with Gasteiger partial charge in [0.1, 0.15) is 10.6 Å². The van der Waals surface area contributed by atoms with Crippen LogP contribution in [-0.2, 0) is 19.5 Å². The molecule has 0 heterocycles. The Morgan fingerprint density at radius 2 is 1.64 bits per heavy atom. The molecule has 0 amide bonds. The maximum Gasteiger partial charge on any atom is 0.387 e. The van der Waals surface area contributed by atoms with Crippen LogP contribution in [-0.4, -0.2) is 41.2 Å². The molecule has 2 aromatic carbocycles. The van der Waals surface area contributed by atoms with Gasteiger partial charge in [0.25, 0.3) is 10.0 Å². The highest BCUT2D eigenvalue weighted by Crippen LogP contribution is 2.29. The summed E-state index contributed by atoms with van der Waals surface area (Å²) >= 11 is 0. The van der Waals surface area contributed by atoms with E-state index in [-0.39, 0.29) is 16.8 Å². The van der Waals surface area contributed by atoms with Crippen molar-refractivity contribution in [2.24, 2.45) is 0 Å². The monoisotopic (exact) mass is 415 g/mol. The summed E-state index contributed by atoms with van der Waals surface area (Å²) in [5.74, 6) is -2.24. The van der Waals surface area contributed by atoms with Crippen molar-refractivity contribution in [1.82, 2.24) is 0 Å². The minimum atomic E-state index is -4.51. The van der Waals surface area contributed by atoms with Crippen LogP contribution >= 0.6 is 0 Å². The van der Waals surface area contributed by atoms with Crippen molar-refractivity contribution in [2.45, 2.75) is 11.5 Å². The molecule has 28 heavy (non-hydrogen) atoms. The number of para-hydroxylation sites is 2. The fraction of sp³-hybridized carbons (Fsp3) is 0.176. The Labute approximate surface area is 159 Å². The first-order valence-electron chi connectivity index (χ1n) is 7.57. The Bertz CT molecular complexity index is 993. The quantitative estimate of drug-likeness (QED) is 0.693. The highest BCUT2D eigenvalue weighted by atomic mass is 32.2. The van der Waals surface area contributed by atoms with E-state index in [2.05, 4.69) is 18.9 Å². The molecule has 8 nitrogen and oxygen atoms in total. The summed E-state index contributed by atoms with van der Waals surface area (Å²) in [6.07, 6.45) is 0. The largest absolute Gasteiger partial charge is 0.465 e. The molecule has 11 heteroatoms. The van der Waals surface area contributed by atoms with Gasteiger partial charge in [-0.15, -0.1) is 0 Å². The number of hydrogen-bond acceptors (Lipinski definition) is 7. The third kappa shape index (κ3) is 4.74. The fourth-order valence-corrected chi connectivity index (χ4v) is 3.51. The Morgan fingerprint density at radius 1 is 1.00 bits per heavy atom. The average molecular weight is 415 g/mol. The summed E-state index contributed by atoms with van der Waals surface area (Å²) in [7, 11) is -2.36. The topological polar surface area (TPSA) is 108 Å². The van der Waals surface area contributed by atoms with Gasteiger partial charge in [-0.2, -0.15) is 8.78 Å². The lowest BCUT2D eigenvalue weighted by atomic mass is 10.1. The van der Waals surface area contributed by atoms with Crippen molar-refractivity contribution in [2.75, 3.05) is 18.9 Å². The smallest absolute Gasteiger partial charge is 0.387 e. The van der Waals surface area contributed by atoms with E-state index in [4.69, 9.17) is 0 Å². The number of benzene rings is 2. The minimum Gasteiger partial charge on any atom is -0.465 e. The van der Waals surface area contributed by atoms with E-state index in [1.54, 1.807) is 0 Å². The number of halogens is 2. The number of carbonyl (C=O) groups excluding carboxylic acids is 2. The highest BCUT2D eigenvalue weighted by Gasteiger charge is 2.26. The second-order valence-corrected chi connectivity index (χ2v) is 6.83. The van der Waals surface area contributed by atoms with Gasteiger partial charge in [0.15, 0.2) is 0 Å². The SMILES string of the molecule is COC(=O)c1ccc(C(=O)OC)c(S(=O)(=O)Nc2ccccc2OC(F)F)c1. The number of ether oxygens (including phenoxy) is 3. The molecule has 150 valence electrons. The first-order chi connectivity index (χ1) is 13.2. The van der Waals surface area contributed by atoms with E-state index in [9.17, 15) is 26.8 Å². The Balaban J connectivity index is 2.55. The summed E-state index contributed by atoms with van der Waals surface area (Å²) < 4.78 is 66.2. The standard InChI is InChI=1S/C17H15F2NO7S/c1-25-15(21)10-7-8-11(16(22)26-2)14(9-10)28(23,24)20-12-5-3-4-6-13(12)27-17(18)19/h3-9,17,20H,1-2H3. The Kier molecular flexibility index (Phi) is 6.52. The summed E-state index contributed by atoms with van der Waals surface area (Å²) in [6, 6.07) is 8.26. The van der Waals surface area contributed by atoms with E-state index in [0.29, 0.717) is 0 Å². The number of alkyl halides is 2. The van der Waals surface area contributed by atoms with E-state index in [1.807, 2.05) is 0 Å². The van der Waals surface area contributed by atoms with Crippen LogP contribution in [0.3, 0.4) is 0 Å². The van der Waals surface area contributed by atoms with Gasteiger partial charge in [0, 0.05) is 0 Å². The van der Waals surface area contributed by atoms with Crippen LogP contribution in [0.5, 0.6) is 5.75 Å². The molecule has 0 aromatic heterocycles. The number of anilines is 1. The van der Waals surface area contributed by atoms with E-state index in [1.165, 1.54) is 24.3 Å². The zero-order valence-electron chi connectivity index (χ0n) is 14.6. The van der Waals surface area contributed by atoms with Crippen molar-refractivity contribution in [3.8, 4) is 5.75 Å². The zero-order valence-corrected chi connectivity index (χ0v) is 15.5. The van der Waals surface area contributed by atoms with Gasteiger partial charge in [-0.05, 0) is 30.3 Å². The molecule has 0 saturated carbocycles. The predicted molar refractivity (Wildman–Crippen MR) is 93.0 cm³/mol. The first-order valence-corrected chi connectivity index (χ1v) is 9.05. The van der Waals surface area contributed by atoms with Gasteiger partial charge in [-0.25, -0.2) is 18.0 Å². The number of methoxy groups -OCH3 is 2. The molecule has 2 rings (SSSR count). The van der Waals surface area contributed by atoms with Crippen LogP contribution in [0.2, 0.25) is 0 Å². The summed E-state index contributed by atoms with van der Waals surface area (Å²) in [5.41, 5.74) is -0.801. The second-order valence-electron chi connectivity index (χ2n) is 5.17. The number of esters is 2. The molecule has 1 N–H and O–H groups in total. The first kappa shape index (κ1) is 21.1. The number of nitrogens with one attached hydrogen (secondary N) is 1. The number of hydrogen-bond donors (Lipinski definition) is 1. The van der Waals surface area contributed by atoms with Crippen molar-refractivity contribution < 1.29 is 41.0 Å². The lowest BCUT2D eigenvalue weighted by molar-refractivity contribution is -0.0493. The number of sulfonamides is 1. The number of rotatable bonds is 7. The van der Waals surface area contributed by atoms with E-state index >= 15 is 0 Å². The third-order valence-corrected chi connectivity index (χ3v) is 4.85. The Hall–Kier alpha value is -3.21. The molecular weight excluding hydrogens is 400 g/mol. The molecular formula is C17H15F2NO7S. The number of carbonyl (C=O) groups is 2. The molecule has 0 fully saturated rings. The van der Waals surface area contributed by atoms with Crippen molar-refractivity contribution in [3.05, 3.63) is 53.6 Å². The van der Waals surface area contributed by atoms with Gasteiger partial charge < -0.3 is 14.2 Å². The van der Waals surface area contributed by atoms with Crippen molar-refractivity contribution in [1.29, 1.82) is 0 Å². The van der Waals surface area contributed by atoms with Gasteiger partial charge >= 0.3 is 18.6 Å². The molecule has 0 radical (unpaired) electrons.